The molecule has 1 aliphatic heterocycles. The monoisotopic (exact) mass is 277 g/mol. The van der Waals surface area contributed by atoms with E-state index < -0.39 is 0 Å². The minimum atomic E-state index is 0.742. The molecular formula is C16H27N3O. The fourth-order valence-electron chi connectivity index (χ4n) is 2.80. The molecular weight excluding hydrogens is 250 g/mol. The average Bonchev–Trinajstić information content (AvgIpc) is 2.94. The highest BCUT2D eigenvalue weighted by atomic mass is 16.3. The maximum absolute atomic E-state index is 5.89. The van der Waals surface area contributed by atoms with Crippen molar-refractivity contribution in [2.75, 3.05) is 33.2 Å². The summed E-state index contributed by atoms with van der Waals surface area (Å²) < 4.78 is 5.89. The molecule has 20 heavy (non-hydrogen) atoms. The fraction of sp³-hybridized carbons (Fsp3) is 0.750. The van der Waals surface area contributed by atoms with Gasteiger partial charge in [0, 0.05) is 19.1 Å². The maximum atomic E-state index is 5.89. The molecule has 4 heteroatoms. The van der Waals surface area contributed by atoms with E-state index in [4.69, 9.17) is 4.42 Å². The summed E-state index contributed by atoms with van der Waals surface area (Å²) in [6.45, 7) is 6.67. The summed E-state index contributed by atoms with van der Waals surface area (Å²) in [6, 6.07) is 4.97. The molecule has 0 atom stereocenters. The molecule has 0 spiro atoms. The Hall–Kier alpha value is -0.840. The van der Waals surface area contributed by atoms with Crippen LogP contribution in [0.3, 0.4) is 0 Å². The summed E-state index contributed by atoms with van der Waals surface area (Å²) in [7, 11) is 2.18. The number of hydrogen-bond acceptors (Lipinski definition) is 4. The van der Waals surface area contributed by atoms with Crippen LogP contribution in [0.15, 0.2) is 16.5 Å². The molecule has 1 aliphatic carbocycles. The van der Waals surface area contributed by atoms with E-state index in [1.165, 1.54) is 45.3 Å². The number of nitrogens with one attached hydrogen (secondary N) is 1. The van der Waals surface area contributed by atoms with Crippen molar-refractivity contribution < 1.29 is 4.42 Å². The molecule has 0 aromatic carbocycles. The highest BCUT2D eigenvalue weighted by molar-refractivity contribution is 5.07. The van der Waals surface area contributed by atoms with Crippen LogP contribution in [0, 0.1) is 0 Å². The van der Waals surface area contributed by atoms with Gasteiger partial charge in [-0.2, -0.15) is 0 Å². The third-order valence-electron chi connectivity index (χ3n) is 4.28. The van der Waals surface area contributed by atoms with E-state index in [0.29, 0.717) is 0 Å². The molecule has 0 unspecified atom stereocenters. The van der Waals surface area contributed by atoms with Gasteiger partial charge in [-0.25, -0.2) is 0 Å². The lowest BCUT2D eigenvalue weighted by atomic mass is 10.4. The minimum absolute atomic E-state index is 0.742. The van der Waals surface area contributed by atoms with Crippen molar-refractivity contribution >= 4 is 0 Å². The normalized spacial score (nSPS) is 20.1. The fourth-order valence-corrected chi connectivity index (χ4v) is 2.80. The van der Waals surface area contributed by atoms with Crippen LogP contribution in [-0.4, -0.2) is 49.1 Å². The lowest BCUT2D eigenvalue weighted by molar-refractivity contribution is 0.237. The van der Waals surface area contributed by atoms with E-state index in [2.05, 4.69) is 34.3 Å². The van der Waals surface area contributed by atoms with E-state index in [1.807, 2.05) is 0 Å². The molecule has 1 saturated carbocycles. The van der Waals surface area contributed by atoms with E-state index in [-0.39, 0.29) is 0 Å². The van der Waals surface area contributed by atoms with Crippen LogP contribution in [0.5, 0.6) is 0 Å². The van der Waals surface area contributed by atoms with Crippen molar-refractivity contribution in [1.29, 1.82) is 0 Å². The second-order valence-electron chi connectivity index (χ2n) is 6.31. The molecule has 112 valence electrons. The Morgan fingerprint density at radius 2 is 2.00 bits per heavy atom. The SMILES string of the molecule is CN(CCN1CCCC1)Cc1ccc(CNC2CC2)o1. The lowest BCUT2D eigenvalue weighted by Crippen LogP contribution is -2.31. The third kappa shape index (κ3) is 4.33. The van der Waals surface area contributed by atoms with E-state index in [9.17, 15) is 0 Å². The smallest absolute Gasteiger partial charge is 0.118 e. The summed E-state index contributed by atoms with van der Waals surface area (Å²) in [5.41, 5.74) is 0. The molecule has 1 saturated heterocycles. The number of likely N-dealkylation sites (tertiary alicyclic amines) is 1. The molecule has 1 aromatic heterocycles. The number of hydrogen-bond donors (Lipinski definition) is 1. The van der Waals surface area contributed by atoms with Crippen molar-refractivity contribution in [2.45, 2.75) is 44.8 Å². The Kier molecular flexibility index (Phi) is 4.76. The first-order valence-corrected chi connectivity index (χ1v) is 8.01. The van der Waals surface area contributed by atoms with Crippen LogP contribution in [0.2, 0.25) is 0 Å². The van der Waals surface area contributed by atoms with Crippen LogP contribution < -0.4 is 5.32 Å². The molecule has 4 nitrogen and oxygen atoms in total. The van der Waals surface area contributed by atoms with Gasteiger partial charge in [-0.1, -0.05) is 0 Å². The van der Waals surface area contributed by atoms with Crippen LogP contribution in [-0.2, 0) is 13.1 Å². The standard InChI is InChI=1S/C16H27N3O/c1-18(10-11-19-8-2-3-9-19)13-16-7-6-15(20-16)12-17-14-4-5-14/h6-7,14,17H,2-5,8-13H2,1H3. The summed E-state index contributed by atoms with van der Waals surface area (Å²) in [6.07, 6.45) is 5.40. The zero-order chi connectivity index (χ0) is 13.8. The summed E-state index contributed by atoms with van der Waals surface area (Å²) >= 11 is 0. The molecule has 2 aliphatic rings. The Morgan fingerprint density at radius 3 is 2.75 bits per heavy atom. The van der Waals surface area contributed by atoms with Crippen molar-refractivity contribution in [3.05, 3.63) is 23.7 Å². The second kappa shape index (κ2) is 6.74. The van der Waals surface area contributed by atoms with E-state index in [0.717, 1.165) is 37.2 Å². The van der Waals surface area contributed by atoms with Crippen LogP contribution >= 0.6 is 0 Å². The van der Waals surface area contributed by atoms with Gasteiger partial charge >= 0.3 is 0 Å². The lowest BCUT2D eigenvalue weighted by Gasteiger charge is -2.20. The summed E-state index contributed by atoms with van der Waals surface area (Å²) in [5.74, 6) is 2.15. The first-order valence-electron chi connectivity index (χ1n) is 8.01. The van der Waals surface area contributed by atoms with Gasteiger partial charge in [-0.05, 0) is 58.0 Å². The summed E-state index contributed by atoms with van der Waals surface area (Å²) in [5, 5.41) is 3.49. The Balaban J connectivity index is 1.37. The van der Waals surface area contributed by atoms with E-state index in [1.54, 1.807) is 0 Å². The molecule has 2 heterocycles. The highest BCUT2D eigenvalue weighted by Crippen LogP contribution is 2.20. The van der Waals surface area contributed by atoms with Crippen LogP contribution in [0.4, 0.5) is 0 Å². The van der Waals surface area contributed by atoms with Crippen molar-refractivity contribution in [2.24, 2.45) is 0 Å². The number of likely N-dealkylation sites (N-methyl/N-ethyl adjacent to an activating group) is 1. The zero-order valence-electron chi connectivity index (χ0n) is 12.6. The Labute approximate surface area is 122 Å². The van der Waals surface area contributed by atoms with Gasteiger partial charge in [0.05, 0.1) is 13.1 Å². The quantitative estimate of drug-likeness (QED) is 0.788. The van der Waals surface area contributed by atoms with Gasteiger partial charge in [-0.3, -0.25) is 4.90 Å². The van der Waals surface area contributed by atoms with Crippen molar-refractivity contribution in [3.63, 3.8) is 0 Å². The number of furan rings is 1. The average molecular weight is 277 g/mol. The molecule has 0 radical (unpaired) electrons. The molecule has 1 N–H and O–H groups in total. The van der Waals surface area contributed by atoms with Crippen molar-refractivity contribution in [3.8, 4) is 0 Å². The minimum Gasteiger partial charge on any atom is -0.463 e. The highest BCUT2D eigenvalue weighted by Gasteiger charge is 2.20. The van der Waals surface area contributed by atoms with Gasteiger partial charge in [0.15, 0.2) is 0 Å². The summed E-state index contributed by atoms with van der Waals surface area (Å²) in [4.78, 5) is 4.92. The number of nitrogens with zero attached hydrogens (tertiary/aromatic N) is 2. The molecule has 2 fully saturated rings. The van der Waals surface area contributed by atoms with Gasteiger partial charge in [0.25, 0.3) is 0 Å². The first-order chi connectivity index (χ1) is 9.79. The Bertz CT molecular complexity index is 408. The zero-order valence-corrected chi connectivity index (χ0v) is 12.6. The largest absolute Gasteiger partial charge is 0.463 e. The second-order valence-corrected chi connectivity index (χ2v) is 6.31. The predicted molar refractivity (Wildman–Crippen MR) is 80.6 cm³/mol. The maximum Gasteiger partial charge on any atom is 0.118 e. The first kappa shape index (κ1) is 14.1. The predicted octanol–water partition coefficient (Wildman–Crippen LogP) is 2.06. The number of rotatable bonds is 8. The van der Waals surface area contributed by atoms with Gasteiger partial charge in [0.2, 0.25) is 0 Å². The van der Waals surface area contributed by atoms with Gasteiger partial charge in [0.1, 0.15) is 11.5 Å². The van der Waals surface area contributed by atoms with E-state index >= 15 is 0 Å². The van der Waals surface area contributed by atoms with Crippen LogP contribution in [0.1, 0.15) is 37.2 Å². The third-order valence-corrected chi connectivity index (χ3v) is 4.28. The van der Waals surface area contributed by atoms with Gasteiger partial charge < -0.3 is 14.6 Å². The Morgan fingerprint density at radius 1 is 1.25 bits per heavy atom. The van der Waals surface area contributed by atoms with Gasteiger partial charge in [-0.15, -0.1) is 0 Å². The molecule has 3 rings (SSSR count). The van der Waals surface area contributed by atoms with Crippen molar-refractivity contribution in [1.82, 2.24) is 15.1 Å². The topological polar surface area (TPSA) is 31.6 Å². The molecule has 1 aromatic rings. The van der Waals surface area contributed by atoms with Crippen LogP contribution in [0.25, 0.3) is 0 Å². The molecule has 0 amide bonds. The molecule has 0 bridgehead atoms.